The summed E-state index contributed by atoms with van der Waals surface area (Å²) in [6, 6.07) is 0. The van der Waals surface area contributed by atoms with Crippen LogP contribution in [-0.4, -0.2) is 40.6 Å². The molecule has 0 saturated heterocycles. The number of rotatable bonds is 4. The average Bonchev–Trinajstić information content (AvgIpc) is 2.66. The number of carbonyl (C=O) groups is 2. The zero-order chi connectivity index (χ0) is 14.8. The smallest absolute Gasteiger partial charge is 0.340 e. The van der Waals surface area contributed by atoms with Gasteiger partial charge in [0.15, 0.2) is 0 Å². The Labute approximate surface area is 116 Å². The molecule has 1 N–H and O–H groups in total. The number of carboxylic acids is 1. The molecule has 0 unspecified atom stereocenters. The van der Waals surface area contributed by atoms with Gasteiger partial charge in [0.25, 0.3) is 5.91 Å². The second-order valence-electron chi connectivity index (χ2n) is 5.11. The number of aromatic nitrogens is 1. The molecule has 106 valence electrons. The lowest BCUT2D eigenvalue weighted by atomic mass is 10.2. The number of amides is 1. The van der Waals surface area contributed by atoms with Gasteiger partial charge in [-0.25, -0.2) is 4.79 Å². The van der Waals surface area contributed by atoms with Crippen LogP contribution in [0, 0.1) is 6.92 Å². The van der Waals surface area contributed by atoms with E-state index in [1.54, 1.807) is 6.92 Å². The summed E-state index contributed by atoms with van der Waals surface area (Å²) in [5, 5.41) is 9.45. The number of likely N-dealkylation sites (N-methyl/N-ethyl adjacent to an activating group) is 1. The fraction of sp³-hybridized carbons (Fsp3) is 0.583. The Morgan fingerprint density at radius 1 is 1.42 bits per heavy atom. The maximum Gasteiger partial charge on any atom is 0.340 e. The van der Waals surface area contributed by atoms with Crippen molar-refractivity contribution >= 4 is 28.4 Å². The molecule has 0 aliphatic carbocycles. The van der Waals surface area contributed by atoms with Crippen molar-refractivity contribution in [1.82, 2.24) is 4.37 Å². The molecule has 1 amide bonds. The van der Waals surface area contributed by atoms with Crippen LogP contribution in [0.1, 0.15) is 36.8 Å². The van der Waals surface area contributed by atoms with Gasteiger partial charge < -0.3 is 14.7 Å². The number of ether oxygens (including phenoxy) is 1. The van der Waals surface area contributed by atoms with Crippen LogP contribution in [0.5, 0.6) is 0 Å². The molecule has 19 heavy (non-hydrogen) atoms. The molecule has 0 saturated carbocycles. The molecule has 1 rings (SSSR count). The molecular formula is C12H18N2O4S. The van der Waals surface area contributed by atoms with Gasteiger partial charge in [0.05, 0.1) is 11.3 Å². The Morgan fingerprint density at radius 3 is 2.47 bits per heavy atom. The minimum Gasteiger partial charge on any atom is -0.478 e. The van der Waals surface area contributed by atoms with Crippen molar-refractivity contribution in [2.24, 2.45) is 0 Å². The van der Waals surface area contributed by atoms with Gasteiger partial charge in [-0.3, -0.25) is 4.79 Å². The first-order chi connectivity index (χ1) is 8.63. The molecule has 0 radical (unpaired) electrons. The third-order valence-electron chi connectivity index (χ3n) is 2.37. The van der Waals surface area contributed by atoms with Gasteiger partial charge in [-0.1, -0.05) is 0 Å². The first kappa shape index (κ1) is 15.6. The molecule has 0 aromatic carbocycles. The monoisotopic (exact) mass is 286 g/mol. The standard InChI is InChI=1S/C12H18N2O4S/c1-7-9(11(16)17)10(19-13-7)14(5)8(15)6-18-12(2,3)4/h6H2,1-5H3,(H,16,17). The van der Waals surface area contributed by atoms with Gasteiger partial charge >= 0.3 is 5.97 Å². The molecule has 0 spiro atoms. The Hall–Kier alpha value is -1.47. The van der Waals surface area contributed by atoms with E-state index in [4.69, 9.17) is 9.84 Å². The predicted octanol–water partition coefficient (Wildman–Crippen LogP) is 1.93. The molecule has 1 heterocycles. The molecule has 1 aromatic heterocycles. The van der Waals surface area contributed by atoms with E-state index in [2.05, 4.69) is 4.37 Å². The number of carboxylic acid groups (broad SMARTS) is 1. The summed E-state index contributed by atoms with van der Waals surface area (Å²) in [6.07, 6.45) is 0. The summed E-state index contributed by atoms with van der Waals surface area (Å²) in [5.41, 5.74) is 0.0518. The van der Waals surface area contributed by atoms with E-state index in [0.717, 1.165) is 11.5 Å². The van der Waals surface area contributed by atoms with Crippen molar-refractivity contribution in [2.45, 2.75) is 33.3 Å². The molecular weight excluding hydrogens is 268 g/mol. The summed E-state index contributed by atoms with van der Waals surface area (Å²) in [7, 11) is 1.52. The highest BCUT2D eigenvalue weighted by Gasteiger charge is 2.24. The Balaban J connectivity index is 2.86. The highest BCUT2D eigenvalue weighted by Crippen LogP contribution is 2.27. The molecule has 0 aliphatic heterocycles. The van der Waals surface area contributed by atoms with Crippen molar-refractivity contribution in [3.05, 3.63) is 11.3 Å². The third-order valence-corrected chi connectivity index (χ3v) is 3.38. The lowest BCUT2D eigenvalue weighted by Crippen LogP contribution is -2.34. The molecule has 0 aliphatic rings. The first-order valence-corrected chi connectivity index (χ1v) is 6.51. The maximum absolute atomic E-state index is 12.0. The number of hydrogen-bond donors (Lipinski definition) is 1. The van der Waals surface area contributed by atoms with Crippen LogP contribution < -0.4 is 4.90 Å². The summed E-state index contributed by atoms with van der Waals surface area (Å²) in [4.78, 5) is 24.4. The first-order valence-electron chi connectivity index (χ1n) is 5.73. The molecule has 0 atom stereocenters. The van der Waals surface area contributed by atoms with E-state index < -0.39 is 11.6 Å². The zero-order valence-corrected chi connectivity index (χ0v) is 12.5. The minimum atomic E-state index is -1.09. The SMILES string of the molecule is Cc1nsc(N(C)C(=O)COC(C)(C)C)c1C(=O)O. The summed E-state index contributed by atoms with van der Waals surface area (Å²) in [5.74, 6) is -1.39. The predicted molar refractivity (Wildman–Crippen MR) is 72.9 cm³/mol. The van der Waals surface area contributed by atoms with Crippen LogP contribution in [0.15, 0.2) is 0 Å². The van der Waals surface area contributed by atoms with Crippen molar-refractivity contribution < 1.29 is 19.4 Å². The Kier molecular flexibility index (Phi) is 4.65. The zero-order valence-electron chi connectivity index (χ0n) is 11.7. The Morgan fingerprint density at radius 2 is 2.00 bits per heavy atom. The summed E-state index contributed by atoms with van der Waals surface area (Å²) in [6.45, 7) is 7.04. The summed E-state index contributed by atoms with van der Waals surface area (Å²) >= 11 is 0.993. The summed E-state index contributed by atoms with van der Waals surface area (Å²) < 4.78 is 9.36. The van der Waals surface area contributed by atoms with Crippen LogP contribution >= 0.6 is 11.5 Å². The largest absolute Gasteiger partial charge is 0.478 e. The Bertz CT molecular complexity index is 490. The number of nitrogens with zero attached hydrogens (tertiary/aromatic N) is 2. The number of carbonyl (C=O) groups excluding carboxylic acids is 1. The molecule has 0 fully saturated rings. The highest BCUT2D eigenvalue weighted by molar-refractivity contribution is 7.11. The van der Waals surface area contributed by atoms with E-state index in [0.29, 0.717) is 10.7 Å². The number of anilines is 1. The van der Waals surface area contributed by atoms with E-state index in [9.17, 15) is 9.59 Å². The fourth-order valence-corrected chi connectivity index (χ4v) is 2.19. The normalized spacial score (nSPS) is 11.4. The van der Waals surface area contributed by atoms with Gasteiger partial charge in [0.1, 0.15) is 17.2 Å². The molecule has 1 aromatic rings. The number of aryl methyl sites for hydroxylation is 1. The van der Waals surface area contributed by atoms with Crippen molar-refractivity contribution in [1.29, 1.82) is 0 Å². The number of aromatic carboxylic acids is 1. The van der Waals surface area contributed by atoms with Crippen LogP contribution in [0.25, 0.3) is 0 Å². The van der Waals surface area contributed by atoms with Crippen LogP contribution in [-0.2, 0) is 9.53 Å². The average molecular weight is 286 g/mol. The van der Waals surface area contributed by atoms with Crippen molar-refractivity contribution in [2.75, 3.05) is 18.6 Å². The van der Waals surface area contributed by atoms with Gasteiger partial charge in [-0.15, -0.1) is 0 Å². The highest BCUT2D eigenvalue weighted by atomic mass is 32.1. The minimum absolute atomic E-state index is 0.0663. The van der Waals surface area contributed by atoms with Crippen LogP contribution in [0.3, 0.4) is 0 Å². The molecule has 6 nitrogen and oxygen atoms in total. The maximum atomic E-state index is 12.0. The van der Waals surface area contributed by atoms with Gasteiger partial charge in [0.2, 0.25) is 0 Å². The van der Waals surface area contributed by atoms with Gasteiger partial charge in [-0.05, 0) is 39.2 Å². The van der Waals surface area contributed by atoms with E-state index in [1.807, 2.05) is 20.8 Å². The van der Waals surface area contributed by atoms with Crippen molar-refractivity contribution in [3.8, 4) is 0 Å². The lowest BCUT2D eigenvalue weighted by molar-refractivity contribution is -0.127. The lowest BCUT2D eigenvalue weighted by Gasteiger charge is -2.22. The topological polar surface area (TPSA) is 79.7 Å². The number of hydrogen-bond acceptors (Lipinski definition) is 5. The van der Waals surface area contributed by atoms with Crippen LogP contribution in [0.2, 0.25) is 0 Å². The van der Waals surface area contributed by atoms with Crippen molar-refractivity contribution in [3.63, 3.8) is 0 Å². The molecule has 7 heteroatoms. The van der Waals surface area contributed by atoms with E-state index >= 15 is 0 Å². The van der Waals surface area contributed by atoms with E-state index in [1.165, 1.54) is 11.9 Å². The second kappa shape index (κ2) is 5.66. The van der Waals surface area contributed by atoms with Gasteiger partial charge in [-0.2, -0.15) is 4.37 Å². The fourth-order valence-electron chi connectivity index (χ4n) is 1.32. The van der Waals surface area contributed by atoms with Gasteiger partial charge in [0, 0.05) is 7.05 Å². The second-order valence-corrected chi connectivity index (χ2v) is 5.86. The quantitative estimate of drug-likeness (QED) is 0.914. The third kappa shape index (κ3) is 4.00. The van der Waals surface area contributed by atoms with Crippen LogP contribution in [0.4, 0.5) is 5.00 Å². The van der Waals surface area contributed by atoms with E-state index in [-0.39, 0.29) is 18.1 Å². The molecule has 0 bridgehead atoms.